The van der Waals surface area contributed by atoms with Gasteiger partial charge in [-0.25, -0.2) is 4.79 Å². The molecule has 5 heteroatoms. The van der Waals surface area contributed by atoms with Gasteiger partial charge < -0.3 is 14.2 Å². The Hall–Kier alpha value is -1.88. The van der Waals surface area contributed by atoms with Crippen molar-refractivity contribution in [3.05, 3.63) is 35.5 Å². The Bertz CT molecular complexity index is 689. The van der Waals surface area contributed by atoms with Crippen molar-refractivity contribution in [2.75, 3.05) is 0 Å². The summed E-state index contributed by atoms with van der Waals surface area (Å²) in [6, 6.07) is 0. The lowest BCUT2D eigenvalue weighted by molar-refractivity contribution is -0.148. The van der Waals surface area contributed by atoms with Gasteiger partial charge in [-0.2, -0.15) is 0 Å². The highest BCUT2D eigenvalue weighted by molar-refractivity contribution is 5.91. The highest BCUT2D eigenvalue weighted by atomic mass is 16.6. The summed E-state index contributed by atoms with van der Waals surface area (Å²) < 4.78 is 17.2. The van der Waals surface area contributed by atoms with Crippen LogP contribution in [0.15, 0.2) is 35.5 Å². The number of fused-ring (bicyclic) bond motifs is 3. The van der Waals surface area contributed by atoms with Gasteiger partial charge in [0.25, 0.3) is 0 Å². The molecule has 1 aliphatic carbocycles. The molecule has 2 heterocycles. The molecule has 5 nitrogen and oxygen atoms in total. The average molecular weight is 360 g/mol. The first-order valence-corrected chi connectivity index (χ1v) is 9.30. The van der Waals surface area contributed by atoms with Crippen LogP contribution in [-0.2, 0) is 23.8 Å². The fraction of sp³-hybridized carbons (Fsp3) is 0.619. The summed E-state index contributed by atoms with van der Waals surface area (Å²) in [6.45, 7) is 11.8. The molecule has 0 aromatic carbocycles. The fourth-order valence-electron chi connectivity index (χ4n) is 3.86. The number of hydrogen-bond donors (Lipinski definition) is 0. The van der Waals surface area contributed by atoms with E-state index in [-0.39, 0.29) is 48.2 Å². The molecule has 2 aliphatic heterocycles. The van der Waals surface area contributed by atoms with Crippen LogP contribution in [0.1, 0.15) is 53.4 Å². The van der Waals surface area contributed by atoms with E-state index in [1.165, 1.54) is 0 Å². The minimum Gasteiger partial charge on any atom is -0.458 e. The van der Waals surface area contributed by atoms with Crippen LogP contribution in [0, 0.1) is 5.92 Å². The maximum Gasteiger partial charge on any atom is 0.334 e. The molecule has 0 amide bonds. The number of esters is 2. The molecule has 0 radical (unpaired) electrons. The summed E-state index contributed by atoms with van der Waals surface area (Å²) in [4.78, 5) is 24.4. The van der Waals surface area contributed by atoms with Gasteiger partial charge in [0.15, 0.2) is 0 Å². The second kappa shape index (κ2) is 7.03. The van der Waals surface area contributed by atoms with E-state index < -0.39 is 0 Å². The van der Waals surface area contributed by atoms with Gasteiger partial charge in [0, 0.05) is 11.5 Å². The summed E-state index contributed by atoms with van der Waals surface area (Å²) in [6.07, 6.45) is 5.65. The SMILES string of the molecule is C=C1C(=O)O[C@H]2[C@H]1C[C@H](OC(=O)C/C(C)=C/C)/C(C)=C\CC[C@@]1(C)O[C@@H]21. The summed E-state index contributed by atoms with van der Waals surface area (Å²) in [5, 5.41) is 0. The lowest BCUT2D eigenvalue weighted by Crippen LogP contribution is -2.33. The fourth-order valence-corrected chi connectivity index (χ4v) is 3.86. The molecule has 0 aromatic heterocycles. The maximum absolute atomic E-state index is 12.3. The van der Waals surface area contributed by atoms with Crippen molar-refractivity contribution < 1.29 is 23.8 Å². The van der Waals surface area contributed by atoms with Crippen LogP contribution < -0.4 is 0 Å². The highest BCUT2D eigenvalue weighted by Crippen LogP contribution is 2.50. The second-order valence-corrected chi connectivity index (χ2v) is 7.87. The number of epoxide rings is 1. The number of carbonyl (C=O) groups is 2. The van der Waals surface area contributed by atoms with E-state index in [9.17, 15) is 9.59 Å². The van der Waals surface area contributed by atoms with Gasteiger partial charge >= 0.3 is 11.9 Å². The van der Waals surface area contributed by atoms with Crippen LogP contribution in [-0.4, -0.2) is 35.9 Å². The lowest BCUT2D eigenvalue weighted by atomic mass is 9.83. The van der Waals surface area contributed by atoms with Crippen LogP contribution in [0.5, 0.6) is 0 Å². The van der Waals surface area contributed by atoms with Crippen molar-refractivity contribution >= 4 is 11.9 Å². The molecule has 0 unspecified atom stereocenters. The predicted molar refractivity (Wildman–Crippen MR) is 97.3 cm³/mol. The third-order valence-electron chi connectivity index (χ3n) is 5.86. The molecule has 3 rings (SSSR count). The van der Waals surface area contributed by atoms with E-state index in [1.54, 1.807) is 0 Å². The first-order chi connectivity index (χ1) is 12.2. The Morgan fingerprint density at radius 3 is 2.92 bits per heavy atom. The van der Waals surface area contributed by atoms with E-state index in [1.807, 2.05) is 26.8 Å². The van der Waals surface area contributed by atoms with Gasteiger partial charge in [0.1, 0.15) is 18.3 Å². The number of carbonyl (C=O) groups excluding carboxylic acids is 2. The zero-order chi connectivity index (χ0) is 19.1. The molecule has 0 spiro atoms. The number of hydrogen-bond acceptors (Lipinski definition) is 5. The van der Waals surface area contributed by atoms with Crippen molar-refractivity contribution in [2.24, 2.45) is 5.92 Å². The summed E-state index contributed by atoms with van der Waals surface area (Å²) in [5.74, 6) is -0.819. The van der Waals surface area contributed by atoms with E-state index in [2.05, 4.69) is 19.6 Å². The third-order valence-corrected chi connectivity index (χ3v) is 5.86. The molecule has 0 saturated carbocycles. The van der Waals surface area contributed by atoms with Crippen LogP contribution >= 0.6 is 0 Å². The van der Waals surface area contributed by atoms with Crippen molar-refractivity contribution in [3.8, 4) is 0 Å². The summed E-state index contributed by atoms with van der Waals surface area (Å²) in [7, 11) is 0. The van der Waals surface area contributed by atoms with Gasteiger partial charge in [-0.05, 0) is 52.5 Å². The van der Waals surface area contributed by atoms with Gasteiger partial charge in [0.05, 0.1) is 12.0 Å². The molecule has 142 valence electrons. The molecule has 5 atom stereocenters. The molecule has 0 bridgehead atoms. The first kappa shape index (κ1) is 18.9. The van der Waals surface area contributed by atoms with E-state index >= 15 is 0 Å². The van der Waals surface area contributed by atoms with E-state index in [0.717, 1.165) is 24.0 Å². The molecular formula is C21H28O5. The summed E-state index contributed by atoms with van der Waals surface area (Å²) >= 11 is 0. The van der Waals surface area contributed by atoms with Crippen LogP contribution in [0.25, 0.3) is 0 Å². The zero-order valence-corrected chi connectivity index (χ0v) is 16.0. The number of rotatable bonds is 3. The van der Waals surface area contributed by atoms with Gasteiger partial charge in [-0.15, -0.1) is 0 Å². The monoisotopic (exact) mass is 360 g/mol. The smallest absolute Gasteiger partial charge is 0.334 e. The van der Waals surface area contributed by atoms with Crippen LogP contribution in [0.2, 0.25) is 0 Å². The quantitative estimate of drug-likeness (QED) is 0.333. The normalized spacial score (nSPS) is 39.2. The van der Waals surface area contributed by atoms with Gasteiger partial charge in [0.2, 0.25) is 0 Å². The topological polar surface area (TPSA) is 65.1 Å². The number of allylic oxidation sites excluding steroid dienone is 2. The van der Waals surface area contributed by atoms with E-state index in [0.29, 0.717) is 12.0 Å². The molecule has 2 fully saturated rings. The zero-order valence-electron chi connectivity index (χ0n) is 16.0. The molecular weight excluding hydrogens is 332 g/mol. The van der Waals surface area contributed by atoms with Crippen molar-refractivity contribution in [2.45, 2.75) is 77.3 Å². The van der Waals surface area contributed by atoms with Crippen molar-refractivity contribution in [3.63, 3.8) is 0 Å². The second-order valence-electron chi connectivity index (χ2n) is 7.87. The lowest BCUT2D eigenvalue weighted by Gasteiger charge is -2.25. The molecule has 26 heavy (non-hydrogen) atoms. The van der Waals surface area contributed by atoms with Crippen LogP contribution in [0.3, 0.4) is 0 Å². The van der Waals surface area contributed by atoms with Gasteiger partial charge in [-0.1, -0.05) is 24.3 Å². The molecule has 0 N–H and O–H groups in total. The van der Waals surface area contributed by atoms with Gasteiger partial charge in [-0.3, -0.25) is 4.79 Å². The number of ether oxygens (including phenoxy) is 3. The third kappa shape index (κ3) is 3.63. The van der Waals surface area contributed by atoms with Crippen molar-refractivity contribution in [1.29, 1.82) is 0 Å². The average Bonchev–Trinajstić information content (AvgIpc) is 3.17. The Kier molecular flexibility index (Phi) is 5.11. The Morgan fingerprint density at radius 2 is 2.23 bits per heavy atom. The predicted octanol–water partition coefficient (Wildman–Crippen LogP) is 3.64. The van der Waals surface area contributed by atoms with Crippen LogP contribution in [0.4, 0.5) is 0 Å². The highest BCUT2D eigenvalue weighted by Gasteiger charge is 2.61. The maximum atomic E-state index is 12.3. The molecule has 2 saturated heterocycles. The Morgan fingerprint density at radius 1 is 1.50 bits per heavy atom. The minimum atomic E-state index is -0.381. The van der Waals surface area contributed by atoms with Crippen molar-refractivity contribution in [1.82, 2.24) is 0 Å². The Balaban J connectivity index is 1.82. The largest absolute Gasteiger partial charge is 0.458 e. The molecule has 0 aromatic rings. The minimum absolute atomic E-state index is 0.107. The molecule has 3 aliphatic rings. The first-order valence-electron chi connectivity index (χ1n) is 9.30. The van der Waals surface area contributed by atoms with E-state index in [4.69, 9.17) is 14.2 Å². The summed E-state index contributed by atoms with van der Waals surface area (Å²) in [5.41, 5.74) is 2.18. The Labute approximate surface area is 155 Å². The standard InChI is InChI=1S/C21H28O5/c1-6-12(2)10-17(22)24-16-11-15-14(4)20(23)25-18(15)19-21(5,26-19)9-7-8-13(16)3/h6,8,15-16,18-19H,4,7,9-11H2,1-3,5H3/b12-6+,13-8-/t15-,16-,18-,19-,21+/m0/s1.